The van der Waals surface area contributed by atoms with E-state index in [9.17, 15) is 8.42 Å². The van der Waals surface area contributed by atoms with E-state index in [1.807, 2.05) is 26.2 Å². The summed E-state index contributed by atoms with van der Waals surface area (Å²) in [6.07, 6.45) is 1.91. The van der Waals surface area contributed by atoms with Gasteiger partial charge in [0.25, 0.3) is 0 Å². The van der Waals surface area contributed by atoms with Gasteiger partial charge in [0.1, 0.15) is 6.07 Å². The largest absolute Gasteiger partial charge is 0.399 e. The predicted octanol–water partition coefficient (Wildman–Crippen LogP) is 1.56. The zero-order valence-corrected chi connectivity index (χ0v) is 12.7. The van der Waals surface area contributed by atoms with E-state index in [4.69, 9.17) is 11.0 Å². The third-order valence-electron chi connectivity index (χ3n) is 2.65. The Hall–Kier alpha value is -1.23. The van der Waals surface area contributed by atoms with Gasteiger partial charge in [-0.3, -0.25) is 0 Å². The van der Waals surface area contributed by atoms with E-state index in [0.717, 1.165) is 0 Å². The highest BCUT2D eigenvalue weighted by atomic mass is 32.2. The zero-order chi connectivity index (χ0) is 14.7. The van der Waals surface area contributed by atoms with E-state index in [2.05, 4.69) is 4.72 Å². The lowest BCUT2D eigenvalue weighted by atomic mass is 10.2. The molecule has 104 valence electrons. The van der Waals surface area contributed by atoms with Crippen molar-refractivity contribution in [3.63, 3.8) is 0 Å². The Kier molecular flexibility index (Phi) is 4.85. The van der Waals surface area contributed by atoms with Crippen LogP contribution in [0.1, 0.15) is 19.4 Å². The number of sulfonamides is 1. The Bertz CT molecular complexity index is 604. The van der Waals surface area contributed by atoms with Gasteiger partial charge in [-0.15, -0.1) is 0 Å². The minimum absolute atomic E-state index is 0.0406. The summed E-state index contributed by atoms with van der Waals surface area (Å²) in [5.74, 6) is 0. The lowest BCUT2D eigenvalue weighted by molar-refractivity contribution is 0.570. The van der Waals surface area contributed by atoms with E-state index in [1.165, 1.54) is 18.2 Å². The van der Waals surface area contributed by atoms with E-state index in [0.29, 0.717) is 5.69 Å². The average molecular weight is 299 g/mol. The van der Waals surface area contributed by atoms with Gasteiger partial charge >= 0.3 is 0 Å². The Balaban J connectivity index is 3.06. The van der Waals surface area contributed by atoms with Crippen molar-refractivity contribution in [2.45, 2.75) is 23.5 Å². The molecule has 0 aliphatic heterocycles. The van der Waals surface area contributed by atoms with E-state index >= 15 is 0 Å². The van der Waals surface area contributed by atoms with Crippen LogP contribution in [0, 0.1) is 11.3 Å². The minimum atomic E-state index is -3.70. The second kappa shape index (κ2) is 5.82. The lowest BCUT2D eigenvalue weighted by Gasteiger charge is -2.22. The molecule has 0 aliphatic rings. The van der Waals surface area contributed by atoms with Gasteiger partial charge in [-0.25, -0.2) is 13.1 Å². The van der Waals surface area contributed by atoms with Gasteiger partial charge in [0.05, 0.1) is 10.5 Å². The summed E-state index contributed by atoms with van der Waals surface area (Å²) >= 11 is 1.56. The van der Waals surface area contributed by atoms with Crippen molar-refractivity contribution in [2.24, 2.45) is 0 Å². The number of rotatable bonds is 5. The number of benzene rings is 1. The molecule has 0 radical (unpaired) electrons. The molecule has 0 spiro atoms. The lowest BCUT2D eigenvalue weighted by Crippen LogP contribution is -2.36. The third-order valence-corrected chi connectivity index (χ3v) is 5.36. The van der Waals surface area contributed by atoms with Crippen molar-refractivity contribution in [3.05, 3.63) is 23.8 Å². The molecule has 19 heavy (non-hydrogen) atoms. The fourth-order valence-corrected chi connectivity index (χ4v) is 2.94. The summed E-state index contributed by atoms with van der Waals surface area (Å²) in [5, 5.41) is 8.98. The average Bonchev–Trinajstić information content (AvgIpc) is 2.36. The summed E-state index contributed by atoms with van der Waals surface area (Å²) in [6, 6.07) is 6.02. The molecule has 0 saturated heterocycles. The Labute approximate surface area is 118 Å². The van der Waals surface area contributed by atoms with Crippen LogP contribution in [0.2, 0.25) is 0 Å². The predicted molar refractivity (Wildman–Crippen MR) is 78.4 cm³/mol. The highest BCUT2D eigenvalue weighted by Gasteiger charge is 2.23. The van der Waals surface area contributed by atoms with E-state index < -0.39 is 10.0 Å². The molecule has 0 aliphatic carbocycles. The number of nitrogens with one attached hydrogen (secondary N) is 1. The first kappa shape index (κ1) is 15.8. The van der Waals surface area contributed by atoms with Crippen LogP contribution in [0.4, 0.5) is 5.69 Å². The van der Waals surface area contributed by atoms with Gasteiger partial charge in [0, 0.05) is 17.0 Å². The van der Waals surface area contributed by atoms with Crippen molar-refractivity contribution in [2.75, 3.05) is 18.5 Å². The number of nitrogens with zero attached hydrogens (tertiary/aromatic N) is 1. The van der Waals surface area contributed by atoms with Gasteiger partial charge in [-0.05, 0) is 38.3 Å². The van der Waals surface area contributed by atoms with Crippen molar-refractivity contribution in [3.8, 4) is 6.07 Å². The maximum atomic E-state index is 12.2. The maximum Gasteiger partial charge on any atom is 0.241 e. The molecule has 0 bridgehead atoms. The molecule has 0 unspecified atom stereocenters. The number of hydrogen-bond donors (Lipinski definition) is 2. The molecule has 3 N–H and O–H groups in total. The van der Waals surface area contributed by atoms with Crippen molar-refractivity contribution < 1.29 is 8.42 Å². The molecule has 1 aromatic carbocycles. The summed E-state index contributed by atoms with van der Waals surface area (Å²) in [6.45, 7) is 4.16. The molecular formula is C12H17N3O2S2. The van der Waals surface area contributed by atoms with Gasteiger partial charge in [-0.1, -0.05) is 0 Å². The van der Waals surface area contributed by atoms with Crippen LogP contribution in [0.5, 0.6) is 0 Å². The van der Waals surface area contributed by atoms with Crippen LogP contribution in [0.25, 0.3) is 0 Å². The molecule has 7 heteroatoms. The molecule has 1 rings (SSSR count). The Morgan fingerprint density at radius 2 is 2.11 bits per heavy atom. The molecular weight excluding hydrogens is 282 g/mol. The SMILES string of the molecule is CSC(C)(C)CNS(=O)(=O)c1ccc(N)cc1C#N. The first-order valence-electron chi connectivity index (χ1n) is 5.56. The summed E-state index contributed by atoms with van der Waals surface area (Å²) < 4.78 is 26.7. The minimum Gasteiger partial charge on any atom is -0.399 e. The standard InChI is InChI=1S/C12H17N3O2S2/c1-12(2,18-3)8-15-19(16,17)11-5-4-10(14)6-9(11)7-13/h4-6,15H,8,14H2,1-3H3. The van der Waals surface area contributed by atoms with Crippen molar-refractivity contribution >= 4 is 27.5 Å². The topological polar surface area (TPSA) is 96.0 Å². The molecule has 0 saturated carbocycles. The van der Waals surface area contributed by atoms with Crippen LogP contribution in [-0.2, 0) is 10.0 Å². The quantitative estimate of drug-likeness (QED) is 0.804. The van der Waals surface area contributed by atoms with E-state index in [1.54, 1.807) is 11.8 Å². The number of nitriles is 1. The number of nitrogen functional groups attached to an aromatic ring is 1. The fourth-order valence-electron chi connectivity index (χ4n) is 1.29. The molecule has 0 atom stereocenters. The number of thioether (sulfide) groups is 1. The molecule has 5 nitrogen and oxygen atoms in total. The first-order valence-corrected chi connectivity index (χ1v) is 8.27. The molecule has 1 aromatic rings. The van der Waals surface area contributed by atoms with Crippen LogP contribution < -0.4 is 10.5 Å². The summed E-state index contributed by atoms with van der Waals surface area (Å²) in [5.41, 5.74) is 5.95. The maximum absolute atomic E-state index is 12.2. The van der Waals surface area contributed by atoms with Gasteiger partial charge in [0.15, 0.2) is 0 Å². The normalized spacial score (nSPS) is 12.1. The molecule has 0 heterocycles. The fraction of sp³-hybridized carbons (Fsp3) is 0.417. The number of anilines is 1. The Morgan fingerprint density at radius 3 is 2.63 bits per heavy atom. The monoisotopic (exact) mass is 299 g/mol. The second-order valence-electron chi connectivity index (χ2n) is 4.66. The summed E-state index contributed by atoms with van der Waals surface area (Å²) in [7, 11) is -3.70. The smallest absolute Gasteiger partial charge is 0.241 e. The van der Waals surface area contributed by atoms with Crippen LogP contribution in [0.15, 0.2) is 23.1 Å². The highest BCUT2D eigenvalue weighted by molar-refractivity contribution is 8.00. The van der Waals surface area contributed by atoms with Gasteiger partial charge < -0.3 is 5.73 Å². The molecule has 0 amide bonds. The number of hydrogen-bond acceptors (Lipinski definition) is 5. The van der Waals surface area contributed by atoms with Crippen LogP contribution >= 0.6 is 11.8 Å². The van der Waals surface area contributed by atoms with Crippen molar-refractivity contribution in [1.29, 1.82) is 5.26 Å². The second-order valence-corrected chi connectivity index (χ2v) is 7.90. The Morgan fingerprint density at radius 1 is 1.47 bits per heavy atom. The number of nitrogens with two attached hydrogens (primary N) is 1. The van der Waals surface area contributed by atoms with Crippen LogP contribution in [-0.4, -0.2) is 26.0 Å². The summed E-state index contributed by atoms with van der Waals surface area (Å²) in [4.78, 5) is -0.0406. The highest BCUT2D eigenvalue weighted by Crippen LogP contribution is 2.22. The van der Waals surface area contributed by atoms with Gasteiger partial charge in [-0.2, -0.15) is 17.0 Å². The van der Waals surface area contributed by atoms with E-state index in [-0.39, 0.29) is 21.8 Å². The first-order chi connectivity index (χ1) is 8.72. The molecule has 0 aromatic heterocycles. The zero-order valence-electron chi connectivity index (χ0n) is 11.1. The third kappa shape index (κ3) is 4.13. The molecule has 0 fully saturated rings. The van der Waals surface area contributed by atoms with Crippen LogP contribution in [0.3, 0.4) is 0 Å². The van der Waals surface area contributed by atoms with Gasteiger partial charge in [0.2, 0.25) is 10.0 Å². The van der Waals surface area contributed by atoms with Crippen molar-refractivity contribution in [1.82, 2.24) is 4.72 Å².